The standard InChI is InChI=1S/C66H115NO8/c1-3-5-7-9-11-13-15-17-19-21-22-23-24-25-26-27-28-29-30-31-32-33-34-35-36-37-38-40-42-44-46-48-50-52-54-56-62(70)67-59(58-74-66-65(73)64(72)63(71)61(57-68)75-66)60(69)55-53-51-49-47-45-43-41-39-20-18-16-14-12-10-8-6-4-2/h5,7,11,13,17,19,22-23,25-26,28-29,31-32,34-35,59-61,63-66,68-69,71-73H,3-4,6,8-10,12,14-16,18,20-21,24,27,30,33,36-58H2,1-2H3,(H,67,70)/b7-5-,13-11-,19-17-,23-22-,26-25-,29-28-,32-31-,35-34-. The zero-order valence-corrected chi connectivity index (χ0v) is 48.0. The molecule has 7 unspecified atom stereocenters. The van der Waals surface area contributed by atoms with E-state index in [0.717, 1.165) is 96.3 Å². The Morgan fingerprint density at radius 1 is 0.467 bits per heavy atom. The van der Waals surface area contributed by atoms with Gasteiger partial charge in [0.25, 0.3) is 0 Å². The lowest BCUT2D eigenvalue weighted by molar-refractivity contribution is -0.302. The van der Waals surface area contributed by atoms with Crippen LogP contribution in [0.25, 0.3) is 0 Å². The van der Waals surface area contributed by atoms with Gasteiger partial charge in [0, 0.05) is 6.42 Å². The number of aliphatic hydroxyl groups excluding tert-OH is 5. The van der Waals surface area contributed by atoms with Crippen molar-refractivity contribution in [3.8, 4) is 0 Å². The Hall–Kier alpha value is -2.89. The number of unbranched alkanes of at least 4 members (excludes halogenated alkanes) is 26. The highest BCUT2D eigenvalue weighted by Crippen LogP contribution is 2.23. The molecule has 1 amide bonds. The molecule has 6 N–H and O–H groups in total. The van der Waals surface area contributed by atoms with Crippen molar-refractivity contribution in [2.75, 3.05) is 13.2 Å². The molecule has 75 heavy (non-hydrogen) atoms. The number of rotatable bonds is 52. The van der Waals surface area contributed by atoms with Crippen LogP contribution in [0.1, 0.15) is 258 Å². The van der Waals surface area contributed by atoms with E-state index in [0.29, 0.717) is 12.8 Å². The van der Waals surface area contributed by atoms with E-state index in [2.05, 4.69) is 116 Å². The van der Waals surface area contributed by atoms with Crippen LogP contribution in [0, 0.1) is 0 Å². The van der Waals surface area contributed by atoms with E-state index in [-0.39, 0.29) is 12.5 Å². The van der Waals surface area contributed by atoms with Crippen molar-refractivity contribution >= 4 is 5.91 Å². The normalized spacial score (nSPS) is 19.6. The van der Waals surface area contributed by atoms with Gasteiger partial charge in [0.15, 0.2) is 6.29 Å². The van der Waals surface area contributed by atoms with Crippen molar-refractivity contribution in [1.29, 1.82) is 0 Å². The minimum atomic E-state index is -1.56. The fraction of sp³-hybridized carbons (Fsp3) is 0.742. The molecular formula is C66H115NO8. The first kappa shape index (κ1) is 70.1. The number of aliphatic hydroxyl groups is 5. The first-order valence-corrected chi connectivity index (χ1v) is 30.9. The minimum Gasteiger partial charge on any atom is -0.394 e. The average molecular weight is 1050 g/mol. The predicted molar refractivity (Wildman–Crippen MR) is 318 cm³/mol. The molecule has 1 saturated heterocycles. The van der Waals surface area contributed by atoms with Gasteiger partial charge in [0.2, 0.25) is 5.91 Å². The van der Waals surface area contributed by atoms with Crippen LogP contribution in [-0.2, 0) is 14.3 Å². The van der Waals surface area contributed by atoms with Crippen molar-refractivity contribution in [2.24, 2.45) is 0 Å². The third kappa shape index (κ3) is 43.7. The number of hydrogen-bond donors (Lipinski definition) is 6. The molecule has 9 nitrogen and oxygen atoms in total. The summed E-state index contributed by atoms with van der Waals surface area (Å²) in [7, 11) is 0. The second kappa shape index (κ2) is 54.5. The average Bonchev–Trinajstić information content (AvgIpc) is 3.41. The molecule has 1 aliphatic rings. The van der Waals surface area contributed by atoms with Gasteiger partial charge in [0.1, 0.15) is 24.4 Å². The third-order valence-electron chi connectivity index (χ3n) is 14.2. The molecule has 0 aromatic heterocycles. The maximum atomic E-state index is 13.1. The molecule has 7 atom stereocenters. The van der Waals surface area contributed by atoms with Gasteiger partial charge >= 0.3 is 0 Å². The van der Waals surface area contributed by atoms with Crippen LogP contribution in [-0.4, -0.2) is 87.5 Å². The third-order valence-corrected chi connectivity index (χ3v) is 14.2. The highest BCUT2D eigenvalue weighted by Gasteiger charge is 2.44. The van der Waals surface area contributed by atoms with Crippen LogP contribution in [0.15, 0.2) is 97.2 Å². The van der Waals surface area contributed by atoms with Gasteiger partial charge in [-0.15, -0.1) is 0 Å². The number of allylic oxidation sites excluding steroid dienone is 16. The number of hydrogen-bond acceptors (Lipinski definition) is 8. The molecule has 0 bridgehead atoms. The molecule has 1 heterocycles. The summed E-state index contributed by atoms with van der Waals surface area (Å²) >= 11 is 0. The molecule has 1 fully saturated rings. The van der Waals surface area contributed by atoms with Gasteiger partial charge in [-0.25, -0.2) is 0 Å². The predicted octanol–water partition coefficient (Wildman–Crippen LogP) is 16.0. The van der Waals surface area contributed by atoms with Crippen LogP contribution < -0.4 is 5.32 Å². The minimum absolute atomic E-state index is 0.143. The number of ether oxygens (including phenoxy) is 2. The van der Waals surface area contributed by atoms with Crippen LogP contribution in [0.2, 0.25) is 0 Å². The first-order chi connectivity index (χ1) is 36.8. The maximum Gasteiger partial charge on any atom is 0.220 e. The smallest absolute Gasteiger partial charge is 0.220 e. The Morgan fingerprint density at radius 3 is 1.23 bits per heavy atom. The second-order valence-corrected chi connectivity index (χ2v) is 21.1. The highest BCUT2D eigenvalue weighted by molar-refractivity contribution is 5.76. The number of carbonyl (C=O) groups is 1. The monoisotopic (exact) mass is 1050 g/mol. The van der Waals surface area contributed by atoms with Crippen LogP contribution in [0.5, 0.6) is 0 Å². The van der Waals surface area contributed by atoms with Crippen LogP contribution in [0.4, 0.5) is 0 Å². The Morgan fingerprint density at radius 2 is 0.827 bits per heavy atom. The van der Waals surface area contributed by atoms with Crippen molar-refractivity contribution < 1.29 is 39.8 Å². The lowest BCUT2D eigenvalue weighted by Gasteiger charge is -2.40. The van der Waals surface area contributed by atoms with Gasteiger partial charge in [0.05, 0.1) is 25.4 Å². The molecule has 9 heteroatoms. The van der Waals surface area contributed by atoms with E-state index < -0.39 is 49.5 Å². The lowest BCUT2D eigenvalue weighted by atomic mass is 9.99. The molecule has 0 aliphatic carbocycles. The molecule has 432 valence electrons. The van der Waals surface area contributed by atoms with Crippen molar-refractivity contribution in [3.05, 3.63) is 97.2 Å². The summed E-state index contributed by atoms with van der Waals surface area (Å²) < 4.78 is 11.3. The fourth-order valence-electron chi connectivity index (χ4n) is 9.35. The molecule has 1 aliphatic heterocycles. The zero-order valence-electron chi connectivity index (χ0n) is 48.0. The summed E-state index contributed by atoms with van der Waals surface area (Å²) in [6.45, 7) is 3.73. The largest absolute Gasteiger partial charge is 0.394 e. The van der Waals surface area contributed by atoms with E-state index in [1.54, 1.807) is 0 Å². The summed E-state index contributed by atoms with van der Waals surface area (Å²) in [5.41, 5.74) is 0. The molecular weight excluding hydrogens is 935 g/mol. The Kier molecular flexibility index (Phi) is 50.9. The van der Waals surface area contributed by atoms with Crippen molar-refractivity contribution in [1.82, 2.24) is 5.32 Å². The summed E-state index contributed by atoms with van der Waals surface area (Å²) in [4.78, 5) is 13.1. The van der Waals surface area contributed by atoms with E-state index >= 15 is 0 Å². The Balaban J connectivity index is 2.16. The quantitative estimate of drug-likeness (QED) is 0.0261. The molecule has 0 spiro atoms. The molecule has 0 radical (unpaired) electrons. The van der Waals surface area contributed by atoms with Gasteiger partial charge < -0.3 is 40.3 Å². The second-order valence-electron chi connectivity index (χ2n) is 21.1. The maximum absolute atomic E-state index is 13.1. The Labute approximate surface area is 460 Å². The van der Waals surface area contributed by atoms with Gasteiger partial charge in [-0.2, -0.15) is 0 Å². The highest BCUT2D eigenvalue weighted by atomic mass is 16.7. The van der Waals surface area contributed by atoms with E-state index in [9.17, 15) is 30.3 Å². The van der Waals surface area contributed by atoms with E-state index in [4.69, 9.17) is 9.47 Å². The number of nitrogens with one attached hydrogen (secondary N) is 1. The van der Waals surface area contributed by atoms with Gasteiger partial charge in [-0.3, -0.25) is 4.79 Å². The fourth-order valence-corrected chi connectivity index (χ4v) is 9.35. The van der Waals surface area contributed by atoms with Crippen molar-refractivity contribution in [2.45, 2.75) is 301 Å². The SMILES string of the molecule is CC/C=C\C/C=C\C/C=C\C/C=C\C/C=C\C/C=C\C/C=C\C/C=C\CCCCCCCCCCCCC(=O)NC(COC1OC(CO)C(O)C(O)C1O)C(O)CCCCCCCCCCCCCCCCCCC. The Bertz CT molecular complexity index is 1500. The van der Waals surface area contributed by atoms with Crippen LogP contribution in [0.3, 0.4) is 0 Å². The topological polar surface area (TPSA) is 149 Å². The molecule has 0 aromatic carbocycles. The molecule has 1 rings (SSSR count). The van der Waals surface area contributed by atoms with Crippen LogP contribution >= 0.6 is 0 Å². The summed E-state index contributed by atoms with van der Waals surface area (Å²) in [6.07, 6.45) is 71.5. The molecule has 0 saturated carbocycles. The van der Waals surface area contributed by atoms with Gasteiger partial charge in [-0.05, 0) is 77.0 Å². The molecule has 0 aromatic rings. The number of amides is 1. The van der Waals surface area contributed by atoms with E-state index in [1.807, 2.05) is 0 Å². The summed E-state index contributed by atoms with van der Waals surface area (Å²) in [5, 5.41) is 54.7. The summed E-state index contributed by atoms with van der Waals surface area (Å²) in [5.74, 6) is -0.151. The van der Waals surface area contributed by atoms with Gasteiger partial charge in [-0.1, -0.05) is 272 Å². The van der Waals surface area contributed by atoms with Crippen molar-refractivity contribution in [3.63, 3.8) is 0 Å². The summed E-state index contributed by atoms with van der Waals surface area (Å²) in [6, 6.07) is -0.728. The lowest BCUT2D eigenvalue weighted by Crippen LogP contribution is -2.60. The van der Waals surface area contributed by atoms with E-state index in [1.165, 1.54) is 135 Å². The zero-order chi connectivity index (χ0) is 54.3. The first-order valence-electron chi connectivity index (χ1n) is 30.9. The number of carbonyl (C=O) groups excluding carboxylic acids is 1.